The predicted octanol–water partition coefficient (Wildman–Crippen LogP) is 6.24. The van der Waals surface area contributed by atoms with Crippen LogP contribution in [0.5, 0.6) is 11.5 Å². The van der Waals surface area contributed by atoms with E-state index in [2.05, 4.69) is 20.6 Å². The van der Waals surface area contributed by atoms with E-state index in [-0.39, 0.29) is 22.7 Å². The second-order valence-corrected chi connectivity index (χ2v) is 9.78. The molecule has 0 aliphatic carbocycles. The third kappa shape index (κ3) is 5.35. The first kappa shape index (κ1) is 24.5. The zero-order valence-corrected chi connectivity index (χ0v) is 21.6. The zero-order valence-electron chi connectivity index (χ0n) is 19.9. The van der Waals surface area contributed by atoms with Crippen LogP contribution in [0.15, 0.2) is 79.3 Å². The number of rotatable bonds is 6. The summed E-state index contributed by atoms with van der Waals surface area (Å²) >= 11 is 6.73. The largest absolute Gasteiger partial charge is 0.453 e. The SMILES string of the molecule is CC(C(=O)NC(=S)Nc1ccc(Oc2ccnc3cc(-c4nccn4C)sc23)c(F)c1)c1ccccc1. The molecule has 1 atom stereocenters. The maximum absolute atomic E-state index is 15.0. The second-order valence-electron chi connectivity index (χ2n) is 8.32. The Labute approximate surface area is 222 Å². The van der Waals surface area contributed by atoms with Crippen molar-refractivity contribution in [2.24, 2.45) is 7.05 Å². The standard InChI is InChI=1S/C27H22FN5O2S2/c1-16(17-6-4-3-5-7-17)26(34)32-27(36)31-18-8-9-21(19(28)14-18)35-22-10-11-29-20-15-23(37-24(20)22)25-30-12-13-33(25)2/h3-16H,1-2H3,(H2,31,32,34,36). The van der Waals surface area contributed by atoms with Crippen molar-refractivity contribution in [2.45, 2.75) is 12.8 Å². The fraction of sp³-hybridized carbons (Fsp3) is 0.111. The van der Waals surface area contributed by atoms with Gasteiger partial charge in [0.25, 0.3) is 0 Å². The van der Waals surface area contributed by atoms with Gasteiger partial charge in [-0.3, -0.25) is 9.78 Å². The number of nitrogens with zero attached hydrogens (tertiary/aromatic N) is 3. The predicted molar refractivity (Wildman–Crippen MR) is 148 cm³/mol. The van der Waals surface area contributed by atoms with Crippen molar-refractivity contribution in [3.8, 4) is 22.2 Å². The molecule has 0 aliphatic heterocycles. The van der Waals surface area contributed by atoms with E-state index in [4.69, 9.17) is 17.0 Å². The molecular formula is C27H22FN5O2S2. The number of imidazole rings is 1. The van der Waals surface area contributed by atoms with E-state index in [1.54, 1.807) is 31.5 Å². The highest BCUT2D eigenvalue weighted by molar-refractivity contribution is 7.80. The highest BCUT2D eigenvalue weighted by atomic mass is 32.1. The molecule has 5 rings (SSSR count). The number of hydrogen-bond acceptors (Lipinski definition) is 6. The van der Waals surface area contributed by atoms with Crippen LogP contribution in [0, 0.1) is 5.82 Å². The van der Waals surface area contributed by atoms with Crippen LogP contribution in [-0.4, -0.2) is 25.6 Å². The van der Waals surface area contributed by atoms with Crippen LogP contribution < -0.4 is 15.4 Å². The number of carbonyl (C=O) groups excluding carboxylic acids is 1. The number of anilines is 1. The van der Waals surface area contributed by atoms with Crippen molar-refractivity contribution in [1.29, 1.82) is 0 Å². The van der Waals surface area contributed by atoms with Crippen molar-refractivity contribution in [1.82, 2.24) is 19.9 Å². The highest BCUT2D eigenvalue weighted by Crippen LogP contribution is 2.39. The summed E-state index contributed by atoms with van der Waals surface area (Å²) in [6, 6.07) is 17.4. The summed E-state index contributed by atoms with van der Waals surface area (Å²) in [5.74, 6) is 0.136. The molecule has 0 bridgehead atoms. The summed E-state index contributed by atoms with van der Waals surface area (Å²) in [6.45, 7) is 1.79. The Kier molecular flexibility index (Phi) is 6.93. The summed E-state index contributed by atoms with van der Waals surface area (Å²) in [5, 5.41) is 5.59. The molecule has 5 aromatic rings. The van der Waals surface area contributed by atoms with Crippen LogP contribution >= 0.6 is 23.6 Å². The Bertz CT molecular complexity index is 1600. The van der Waals surface area contributed by atoms with Crippen LogP contribution in [-0.2, 0) is 11.8 Å². The van der Waals surface area contributed by atoms with Crippen LogP contribution in [0.4, 0.5) is 10.1 Å². The molecule has 0 saturated heterocycles. The van der Waals surface area contributed by atoms with Gasteiger partial charge in [0.1, 0.15) is 11.6 Å². The summed E-state index contributed by atoms with van der Waals surface area (Å²) in [4.78, 5) is 22.3. The number of benzene rings is 2. The third-order valence-corrected chi connectivity index (χ3v) is 7.10. The molecule has 0 saturated carbocycles. The number of halogens is 1. The molecular weight excluding hydrogens is 509 g/mol. The number of fused-ring (bicyclic) bond motifs is 1. The Morgan fingerprint density at radius 3 is 2.62 bits per heavy atom. The molecule has 0 aliphatic rings. The maximum atomic E-state index is 15.0. The molecule has 0 fully saturated rings. The van der Waals surface area contributed by atoms with Gasteiger partial charge in [0, 0.05) is 43.5 Å². The first-order valence-corrected chi connectivity index (χ1v) is 12.6. The minimum absolute atomic E-state index is 0.0534. The first-order chi connectivity index (χ1) is 17.9. The molecule has 1 amide bonds. The average molecular weight is 532 g/mol. The Morgan fingerprint density at radius 2 is 1.89 bits per heavy atom. The number of nitrogens with one attached hydrogen (secondary N) is 2. The smallest absolute Gasteiger partial charge is 0.233 e. The summed E-state index contributed by atoms with van der Waals surface area (Å²) < 4.78 is 23.6. The van der Waals surface area contributed by atoms with Crippen LogP contribution in [0.2, 0.25) is 0 Å². The molecule has 3 heterocycles. The van der Waals surface area contributed by atoms with Gasteiger partial charge in [-0.1, -0.05) is 30.3 Å². The highest BCUT2D eigenvalue weighted by Gasteiger charge is 2.17. The van der Waals surface area contributed by atoms with Gasteiger partial charge in [0.15, 0.2) is 16.7 Å². The molecule has 1 unspecified atom stereocenters. The lowest BCUT2D eigenvalue weighted by atomic mass is 10.0. The van der Waals surface area contributed by atoms with E-state index >= 15 is 0 Å². The van der Waals surface area contributed by atoms with E-state index in [9.17, 15) is 9.18 Å². The number of ether oxygens (including phenoxy) is 1. The molecule has 0 radical (unpaired) electrons. The van der Waals surface area contributed by atoms with Crippen molar-refractivity contribution >= 4 is 50.5 Å². The van der Waals surface area contributed by atoms with E-state index in [1.165, 1.54) is 23.5 Å². The zero-order chi connectivity index (χ0) is 25.9. The monoisotopic (exact) mass is 531 g/mol. The van der Waals surface area contributed by atoms with Gasteiger partial charge >= 0.3 is 0 Å². The van der Waals surface area contributed by atoms with Crippen molar-refractivity contribution in [3.63, 3.8) is 0 Å². The van der Waals surface area contributed by atoms with Crippen molar-refractivity contribution < 1.29 is 13.9 Å². The molecule has 0 spiro atoms. The number of thiophene rings is 1. The van der Waals surface area contributed by atoms with E-state index in [1.807, 2.05) is 54.2 Å². The fourth-order valence-electron chi connectivity index (χ4n) is 3.76. The van der Waals surface area contributed by atoms with Gasteiger partial charge in [0.2, 0.25) is 5.91 Å². The molecule has 3 aromatic heterocycles. The van der Waals surface area contributed by atoms with Crippen molar-refractivity contribution in [2.75, 3.05) is 5.32 Å². The minimum atomic E-state index is -0.581. The van der Waals surface area contributed by atoms with Gasteiger partial charge in [-0.05, 0) is 42.9 Å². The van der Waals surface area contributed by atoms with Gasteiger partial charge in [0.05, 0.1) is 21.0 Å². The lowest BCUT2D eigenvalue weighted by molar-refractivity contribution is -0.120. The Hall–Kier alpha value is -4.15. The number of aromatic nitrogens is 3. The van der Waals surface area contributed by atoms with Gasteiger partial charge < -0.3 is 19.9 Å². The molecule has 186 valence electrons. The lowest BCUT2D eigenvalue weighted by Crippen LogP contribution is -2.36. The summed E-state index contributed by atoms with van der Waals surface area (Å²) in [7, 11) is 1.92. The molecule has 7 nitrogen and oxygen atoms in total. The lowest BCUT2D eigenvalue weighted by Gasteiger charge is -2.15. The minimum Gasteiger partial charge on any atom is -0.453 e. The van der Waals surface area contributed by atoms with Crippen LogP contribution in [0.1, 0.15) is 18.4 Å². The van der Waals surface area contributed by atoms with E-state index in [0.717, 1.165) is 26.5 Å². The summed E-state index contributed by atoms with van der Waals surface area (Å²) in [5.41, 5.74) is 2.00. The topological polar surface area (TPSA) is 81.1 Å². The van der Waals surface area contributed by atoms with E-state index < -0.39 is 5.82 Å². The molecule has 10 heteroatoms. The van der Waals surface area contributed by atoms with E-state index in [0.29, 0.717) is 11.4 Å². The van der Waals surface area contributed by atoms with Gasteiger partial charge in [-0.15, -0.1) is 11.3 Å². The Balaban J connectivity index is 1.28. The maximum Gasteiger partial charge on any atom is 0.233 e. The van der Waals surface area contributed by atoms with Crippen LogP contribution in [0.25, 0.3) is 20.9 Å². The number of amides is 1. The molecule has 2 N–H and O–H groups in total. The number of thiocarbonyl (C=S) groups is 1. The molecule has 37 heavy (non-hydrogen) atoms. The van der Waals surface area contributed by atoms with Crippen molar-refractivity contribution in [3.05, 3.63) is 90.6 Å². The Morgan fingerprint density at radius 1 is 1.08 bits per heavy atom. The molecule has 2 aromatic carbocycles. The third-order valence-electron chi connectivity index (χ3n) is 5.76. The fourth-order valence-corrected chi connectivity index (χ4v) is 5.09. The van der Waals surface area contributed by atoms with Gasteiger partial charge in [-0.25, -0.2) is 9.37 Å². The van der Waals surface area contributed by atoms with Crippen LogP contribution in [0.3, 0.4) is 0 Å². The number of hydrogen-bond donors (Lipinski definition) is 2. The normalized spacial score (nSPS) is 11.8. The number of pyridine rings is 1. The van der Waals surface area contributed by atoms with Gasteiger partial charge in [-0.2, -0.15) is 0 Å². The second kappa shape index (κ2) is 10.5. The average Bonchev–Trinajstić information content (AvgIpc) is 3.52. The number of aryl methyl sites for hydroxylation is 1. The number of carbonyl (C=O) groups is 1. The quantitative estimate of drug-likeness (QED) is 0.252. The summed E-state index contributed by atoms with van der Waals surface area (Å²) in [6.07, 6.45) is 5.23. The first-order valence-electron chi connectivity index (χ1n) is 11.4.